The van der Waals surface area contributed by atoms with E-state index in [1.165, 1.54) is 6.20 Å². The van der Waals surface area contributed by atoms with Crippen molar-refractivity contribution in [1.29, 1.82) is 0 Å². The summed E-state index contributed by atoms with van der Waals surface area (Å²) in [5, 5.41) is 13.5. The summed E-state index contributed by atoms with van der Waals surface area (Å²) < 4.78 is 0. The Morgan fingerprint density at radius 2 is 1.87 bits per heavy atom. The van der Waals surface area contributed by atoms with Crippen molar-refractivity contribution >= 4 is 35.5 Å². The summed E-state index contributed by atoms with van der Waals surface area (Å²) in [6.45, 7) is 0. The van der Waals surface area contributed by atoms with Gasteiger partial charge in [0.25, 0.3) is 0 Å². The number of benzene rings is 2. The second kappa shape index (κ2) is 7.42. The van der Waals surface area contributed by atoms with E-state index in [1.807, 2.05) is 36.4 Å². The molecule has 1 aliphatic rings. The lowest BCUT2D eigenvalue weighted by Crippen LogP contribution is -2.34. The third kappa shape index (κ3) is 3.62. The first-order valence-electron chi connectivity index (χ1n) is 6.76. The fraction of sp³-hybridized carbons (Fsp3) is 0.0588. The minimum atomic E-state index is 0. The highest BCUT2D eigenvalue weighted by Gasteiger charge is 2.12. The molecule has 0 aromatic heterocycles. The Bertz CT molecular complexity index is 876. The second-order valence-electron chi connectivity index (χ2n) is 4.73. The Morgan fingerprint density at radius 1 is 1.13 bits per heavy atom. The highest BCUT2D eigenvalue weighted by molar-refractivity contribution is 6.30. The third-order valence-corrected chi connectivity index (χ3v) is 3.55. The van der Waals surface area contributed by atoms with Crippen LogP contribution in [0.2, 0.25) is 5.02 Å². The first-order valence-corrected chi connectivity index (χ1v) is 7.14. The van der Waals surface area contributed by atoms with Crippen LogP contribution in [0.1, 0.15) is 5.56 Å². The van der Waals surface area contributed by atoms with Crippen LogP contribution in [0.3, 0.4) is 0 Å². The highest BCUT2D eigenvalue weighted by atomic mass is 35.5. The Kier molecular flexibility index (Phi) is 5.55. The van der Waals surface area contributed by atoms with Gasteiger partial charge in [-0.3, -0.25) is 10.2 Å². The topological polar surface area (TPSA) is 48.2 Å². The molecular weight excluding hydrogens is 333 g/mol. The van der Waals surface area contributed by atoms with Gasteiger partial charge in [-0.25, -0.2) is 10.1 Å². The molecular formula is C17H15Cl2N3O. The van der Waals surface area contributed by atoms with Crippen LogP contribution in [0.5, 0.6) is 0 Å². The Morgan fingerprint density at radius 3 is 2.57 bits per heavy atom. The molecule has 1 aliphatic heterocycles. The largest absolute Gasteiger partial charge is 0.284 e. The normalized spacial score (nSPS) is 15.3. The molecule has 2 aromatic carbocycles. The van der Waals surface area contributed by atoms with Crippen molar-refractivity contribution in [1.82, 2.24) is 5.06 Å². The van der Waals surface area contributed by atoms with Gasteiger partial charge in [0.2, 0.25) is 0 Å². The van der Waals surface area contributed by atoms with E-state index in [2.05, 4.69) is 9.98 Å². The lowest BCUT2D eigenvalue weighted by Gasteiger charge is -2.18. The minimum absolute atomic E-state index is 0. The van der Waals surface area contributed by atoms with Gasteiger partial charge in [-0.15, -0.1) is 12.4 Å². The number of hydrogen-bond acceptors (Lipinski definition) is 3. The maximum absolute atomic E-state index is 10.4. The van der Waals surface area contributed by atoms with Crippen LogP contribution < -0.4 is 10.6 Å². The lowest BCUT2D eigenvalue weighted by atomic mass is 10.1. The summed E-state index contributed by atoms with van der Waals surface area (Å²) >= 11 is 6.14. The molecule has 4 nitrogen and oxygen atoms in total. The summed E-state index contributed by atoms with van der Waals surface area (Å²) in [5.41, 5.74) is 1.48. The molecule has 23 heavy (non-hydrogen) atoms. The molecule has 1 heterocycles. The number of halogens is 2. The van der Waals surface area contributed by atoms with Crippen molar-refractivity contribution in [2.24, 2.45) is 9.98 Å². The van der Waals surface area contributed by atoms with E-state index < -0.39 is 0 Å². The molecule has 118 valence electrons. The second-order valence-corrected chi connectivity index (χ2v) is 5.17. The average Bonchev–Trinajstić information content (AvgIpc) is 2.53. The van der Waals surface area contributed by atoms with Crippen molar-refractivity contribution in [2.75, 3.05) is 7.05 Å². The molecule has 0 atom stereocenters. The first kappa shape index (κ1) is 17.2. The van der Waals surface area contributed by atoms with Gasteiger partial charge < -0.3 is 0 Å². The van der Waals surface area contributed by atoms with Gasteiger partial charge in [0.05, 0.1) is 11.1 Å². The van der Waals surface area contributed by atoms with Crippen LogP contribution in [0.15, 0.2) is 70.8 Å². The lowest BCUT2D eigenvalue weighted by molar-refractivity contribution is 0.0242. The number of amidine groups is 1. The molecule has 2 aromatic rings. The summed E-state index contributed by atoms with van der Waals surface area (Å²) in [6, 6.07) is 15.0. The molecule has 0 amide bonds. The summed E-state index contributed by atoms with van der Waals surface area (Å²) in [6.07, 6.45) is 3.18. The van der Waals surface area contributed by atoms with Crippen LogP contribution in [0.4, 0.5) is 0 Å². The highest BCUT2D eigenvalue weighted by Crippen LogP contribution is 2.15. The molecule has 0 fully saturated rings. The van der Waals surface area contributed by atoms with Crippen molar-refractivity contribution in [2.45, 2.75) is 0 Å². The van der Waals surface area contributed by atoms with Gasteiger partial charge in [-0.2, -0.15) is 0 Å². The molecule has 3 rings (SSSR count). The van der Waals surface area contributed by atoms with Gasteiger partial charge in [0, 0.05) is 35.1 Å². The number of fused-ring (bicyclic) bond motifs is 1. The van der Waals surface area contributed by atoms with Crippen LogP contribution in [0, 0.1) is 0 Å². The molecule has 0 bridgehead atoms. The molecule has 0 saturated heterocycles. The number of rotatable bonds is 1. The zero-order chi connectivity index (χ0) is 15.5. The number of nitrogens with zero attached hydrogens (tertiary/aromatic N) is 3. The Hall–Kier alpha value is -2.14. The van der Waals surface area contributed by atoms with Gasteiger partial charge in [-0.05, 0) is 18.2 Å². The first-order chi connectivity index (χ1) is 10.7. The fourth-order valence-electron chi connectivity index (χ4n) is 2.30. The summed E-state index contributed by atoms with van der Waals surface area (Å²) in [5.74, 6) is 0.523. The third-order valence-electron chi connectivity index (χ3n) is 3.32. The van der Waals surface area contributed by atoms with Crippen LogP contribution in [-0.4, -0.2) is 23.2 Å². The number of aliphatic imine (C=N–C) groups is 1. The minimum Gasteiger partial charge on any atom is -0.284 e. The standard InChI is InChI=1S/C17H14ClN3O.ClH/c1-19-16-9-10-21(22)17(12-5-3-2-4-6-12)14-11-13(18)7-8-15(14)20-16;/h2-11,22H,1H3;1H. The maximum atomic E-state index is 10.4. The maximum Gasteiger partial charge on any atom is 0.149 e. The van der Waals surface area contributed by atoms with Gasteiger partial charge >= 0.3 is 0 Å². The van der Waals surface area contributed by atoms with Crippen molar-refractivity contribution < 1.29 is 5.21 Å². The fourth-order valence-corrected chi connectivity index (χ4v) is 2.47. The predicted molar refractivity (Wildman–Crippen MR) is 94.6 cm³/mol. The number of hydroxylamine groups is 2. The molecule has 6 heteroatoms. The molecule has 0 spiro atoms. The van der Waals surface area contributed by atoms with Crippen LogP contribution in [0.25, 0.3) is 5.70 Å². The smallest absolute Gasteiger partial charge is 0.149 e. The Labute approximate surface area is 145 Å². The van der Waals surface area contributed by atoms with Crippen LogP contribution >= 0.6 is 24.0 Å². The SMILES string of the molecule is CN=C1C=CN(O)C(c2ccccc2)=c2cc(Cl)ccc2=N1.Cl. The zero-order valence-electron chi connectivity index (χ0n) is 12.3. The van der Waals surface area contributed by atoms with Crippen molar-refractivity contribution in [3.8, 4) is 0 Å². The quantitative estimate of drug-likeness (QED) is 0.862. The van der Waals surface area contributed by atoms with E-state index in [0.29, 0.717) is 21.9 Å². The molecule has 0 saturated carbocycles. The van der Waals surface area contributed by atoms with E-state index in [1.54, 1.807) is 25.3 Å². The number of hydrogen-bond donors (Lipinski definition) is 1. The van der Waals surface area contributed by atoms with E-state index in [4.69, 9.17) is 11.6 Å². The zero-order valence-corrected chi connectivity index (χ0v) is 13.9. The van der Waals surface area contributed by atoms with E-state index in [0.717, 1.165) is 15.8 Å². The molecule has 0 radical (unpaired) electrons. The Balaban J connectivity index is 0.00000192. The predicted octanol–water partition coefficient (Wildman–Crippen LogP) is 2.78. The van der Waals surface area contributed by atoms with E-state index >= 15 is 0 Å². The van der Waals surface area contributed by atoms with Crippen molar-refractivity contribution in [3.05, 3.63) is 82.0 Å². The average molecular weight is 348 g/mol. The van der Waals surface area contributed by atoms with Gasteiger partial charge in [-0.1, -0.05) is 41.9 Å². The van der Waals surface area contributed by atoms with E-state index in [9.17, 15) is 5.21 Å². The van der Waals surface area contributed by atoms with Crippen molar-refractivity contribution in [3.63, 3.8) is 0 Å². The molecule has 0 aliphatic carbocycles. The molecule has 0 unspecified atom stereocenters. The summed E-state index contributed by atoms with van der Waals surface area (Å²) in [7, 11) is 1.66. The van der Waals surface area contributed by atoms with Crippen LogP contribution in [-0.2, 0) is 0 Å². The van der Waals surface area contributed by atoms with E-state index in [-0.39, 0.29) is 12.4 Å². The van der Waals surface area contributed by atoms with Gasteiger partial charge in [0.1, 0.15) is 5.84 Å². The van der Waals surface area contributed by atoms with Gasteiger partial charge in [0.15, 0.2) is 0 Å². The summed E-state index contributed by atoms with van der Waals surface area (Å²) in [4.78, 5) is 8.60. The monoisotopic (exact) mass is 347 g/mol. The molecule has 1 N–H and O–H groups in total.